The van der Waals surface area contributed by atoms with Crippen molar-refractivity contribution >= 4 is 11.4 Å². The molecule has 2 rings (SSSR count). The smallest absolute Gasteiger partial charge is 0.292 e. The number of likely N-dealkylation sites (N-methyl/N-ethyl adjacent to an activating group) is 1. The summed E-state index contributed by atoms with van der Waals surface area (Å²) < 4.78 is 0. The highest BCUT2D eigenvalue weighted by atomic mass is 16.6. The van der Waals surface area contributed by atoms with Crippen molar-refractivity contribution in [3.05, 3.63) is 33.9 Å². The summed E-state index contributed by atoms with van der Waals surface area (Å²) in [6.07, 6.45) is 2.33. The molecule has 0 bridgehead atoms. The number of nitrogens with zero attached hydrogens (tertiary/aromatic N) is 2. The maximum absolute atomic E-state index is 11.0. The van der Waals surface area contributed by atoms with Crippen LogP contribution in [0.5, 0.6) is 0 Å². The monoisotopic (exact) mass is 249 g/mol. The summed E-state index contributed by atoms with van der Waals surface area (Å²) in [6, 6.07) is 5.69. The topological polar surface area (TPSA) is 58.4 Å². The maximum Gasteiger partial charge on any atom is 0.292 e. The Labute approximate surface area is 107 Å². The van der Waals surface area contributed by atoms with Crippen molar-refractivity contribution in [3.63, 3.8) is 0 Å². The third-order valence-corrected chi connectivity index (χ3v) is 3.40. The number of nitrogens with one attached hydrogen (secondary N) is 1. The first-order valence-electron chi connectivity index (χ1n) is 6.27. The van der Waals surface area contributed by atoms with Gasteiger partial charge in [0.25, 0.3) is 5.69 Å². The molecule has 5 nitrogen and oxygen atoms in total. The molecule has 1 unspecified atom stereocenters. The quantitative estimate of drug-likeness (QED) is 0.655. The normalized spacial score (nSPS) is 18.9. The van der Waals surface area contributed by atoms with Crippen molar-refractivity contribution in [1.82, 2.24) is 5.32 Å². The van der Waals surface area contributed by atoms with Gasteiger partial charge in [-0.15, -0.1) is 0 Å². The van der Waals surface area contributed by atoms with Gasteiger partial charge in [-0.05, 0) is 37.9 Å². The highest BCUT2D eigenvalue weighted by Crippen LogP contribution is 2.28. The van der Waals surface area contributed by atoms with Crippen LogP contribution in [0, 0.1) is 17.0 Å². The van der Waals surface area contributed by atoms with Crippen molar-refractivity contribution in [3.8, 4) is 0 Å². The van der Waals surface area contributed by atoms with E-state index in [9.17, 15) is 10.1 Å². The summed E-state index contributed by atoms with van der Waals surface area (Å²) in [6.45, 7) is 3.81. The standard InChI is InChI=1S/C13H19N3O2/c1-10-5-6-12(16(17)18)13(8-10)15(2)9-11-4-3-7-14-11/h5-6,8,11,14H,3-4,7,9H2,1-2H3. The highest BCUT2D eigenvalue weighted by molar-refractivity contribution is 5.64. The van der Waals surface area contributed by atoms with Gasteiger partial charge in [-0.1, -0.05) is 6.07 Å². The van der Waals surface area contributed by atoms with Crippen molar-refractivity contribution in [1.29, 1.82) is 0 Å². The van der Waals surface area contributed by atoms with Crippen LogP contribution < -0.4 is 10.2 Å². The molecule has 18 heavy (non-hydrogen) atoms. The lowest BCUT2D eigenvalue weighted by molar-refractivity contribution is -0.384. The minimum atomic E-state index is -0.312. The highest BCUT2D eigenvalue weighted by Gasteiger charge is 2.21. The fourth-order valence-corrected chi connectivity index (χ4v) is 2.44. The molecular formula is C13H19N3O2. The van der Waals surface area contributed by atoms with Crippen LogP contribution >= 0.6 is 0 Å². The lowest BCUT2D eigenvalue weighted by atomic mass is 10.1. The van der Waals surface area contributed by atoms with E-state index in [0.717, 1.165) is 25.1 Å². The van der Waals surface area contributed by atoms with Gasteiger partial charge in [-0.25, -0.2) is 0 Å². The first-order valence-corrected chi connectivity index (χ1v) is 6.27. The second-order valence-corrected chi connectivity index (χ2v) is 4.92. The molecule has 1 N–H and O–H groups in total. The Morgan fingerprint density at radius 1 is 1.56 bits per heavy atom. The van der Waals surface area contributed by atoms with Crippen molar-refractivity contribution in [2.24, 2.45) is 0 Å². The molecule has 1 aliphatic heterocycles. The molecule has 1 aromatic carbocycles. The summed E-state index contributed by atoms with van der Waals surface area (Å²) in [5.74, 6) is 0. The number of nitro groups is 1. The van der Waals surface area contributed by atoms with Crippen LogP contribution in [0.4, 0.5) is 11.4 Å². The predicted octanol–water partition coefficient (Wildman–Crippen LogP) is 2.09. The summed E-state index contributed by atoms with van der Waals surface area (Å²) in [7, 11) is 1.92. The summed E-state index contributed by atoms with van der Waals surface area (Å²) in [5, 5.41) is 14.4. The average Bonchev–Trinajstić information content (AvgIpc) is 2.81. The Morgan fingerprint density at radius 3 is 2.94 bits per heavy atom. The van der Waals surface area contributed by atoms with E-state index >= 15 is 0 Å². The van der Waals surface area contributed by atoms with E-state index in [1.165, 1.54) is 6.42 Å². The lowest BCUT2D eigenvalue weighted by Crippen LogP contribution is -2.35. The molecular weight excluding hydrogens is 230 g/mol. The van der Waals surface area contributed by atoms with Crippen LogP contribution in [0.2, 0.25) is 0 Å². The van der Waals surface area contributed by atoms with Gasteiger partial charge in [-0.2, -0.15) is 0 Å². The van der Waals surface area contributed by atoms with Crippen molar-refractivity contribution < 1.29 is 4.92 Å². The van der Waals surface area contributed by atoms with Gasteiger partial charge in [-0.3, -0.25) is 10.1 Å². The van der Waals surface area contributed by atoms with E-state index in [2.05, 4.69) is 5.32 Å². The first-order chi connectivity index (χ1) is 8.58. The number of aryl methyl sites for hydroxylation is 1. The number of benzene rings is 1. The van der Waals surface area contributed by atoms with Crippen LogP contribution in [-0.4, -0.2) is 31.1 Å². The Kier molecular flexibility index (Phi) is 3.81. The third-order valence-electron chi connectivity index (χ3n) is 3.40. The van der Waals surface area contributed by atoms with E-state index in [0.29, 0.717) is 11.7 Å². The second kappa shape index (κ2) is 5.35. The summed E-state index contributed by atoms with van der Waals surface area (Å²) in [4.78, 5) is 12.7. The SMILES string of the molecule is Cc1ccc([N+](=O)[O-])c(N(C)CC2CCCN2)c1. The zero-order valence-corrected chi connectivity index (χ0v) is 10.8. The minimum Gasteiger partial charge on any atom is -0.367 e. The van der Waals surface area contributed by atoms with Crippen LogP contribution in [0.1, 0.15) is 18.4 Å². The average molecular weight is 249 g/mol. The zero-order chi connectivity index (χ0) is 13.1. The molecule has 0 aliphatic carbocycles. The Bertz CT molecular complexity index is 442. The van der Waals surface area contributed by atoms with Crippen LogP contribution in [-0.2, 0) is 0 Å². The first kappa shape index (κ1) is 12.8. The molecule has 1 fully saturated rings. The molecule has 0 radical (unpaired) electrons. The molecule has 0 aromatic heterocycles. The Morgan fingerprint density at radius 2 is 2.33 bits per heavy atom. The van der Waals surface area contributed by atoms with Gasteiger partial charge >= 0.3 is 0 Å². The fourth-order valence-electron chi connectivity index (χ4n) is 2.44. The molecule has 1 heterocycles. The molecule has 1 aliphatic rings. The summed E-state index contributed by atoms with van der Waals surface area (Å²) in [5.41, 5.74) is 1.93. The second-order valence-electron chi connectivity index (χ2n) is 4.92. The van der Waals surface area contributed by atoms with Gasteiger partial charge in [0, 0.05) is 25.7 Å². The molecule has 1 saturated heterocycles. The van der Waals surface area contributed by atoms with E-state index in [1.807, 2.05) is 24.9 Å². The Hall–Kier alpha value is -1.62. The molecule has 0 spiro atoms. The molecule has 5 heteroatoms. The number of rotatable bonds is 4. The molecule has 1 aromatic rings. The zero-order valence-electron chi connectivity index (χ0n) is 10.8. The lowest BCUT2D eigenvalue weighted by Gasteiger charge is -2.23. The van der Waals surface area contributed by atoms with Crippen molar-refractivity contribution in [2.75, 3.05) is 25.0 Å². The van der Waals surface area contributed by atoms with Crippen molar-refractivity contribution in [2.45, 2.75) is 25.8 Å². The Balaban J connectivity index is 2.19. The number of anilines is 1. The fraction of sp³-hybridized carbons (Fsp3) is 0.538. The summed E-state index contributed by atoms with van der Waals surface area (Å²) >= 11 is 0. The third kappa shape index (κ3) is 2.79. The molecule has 0 amide bonds. The number of hydrogen-bond acceptors (Lipinski definition) is 4. The van der Waals surface area contributed by atoms with E-state index < -0.39 is 0 Å². The van der Waals surface area contributed by atoms with Gasteiger partial charge < -0.3 is 10.2 Å². The van der Waals surface area contributed by atoms with E-state index in [4.69, 9.17) is 0 Å². The van der Waals surface area contributed by atoms with Gasteiger partial charge in [0.2, 0.25) is 0 Å². The predicted molar refractivity (Wildman–Crippen MR) is 72.1 cm³/mol. The van der Waals surface area contributed by atoms with E-state index in [-0.39, 0.29) is 10.6 Å². The van der Waals surface area contributed by atoms with Gasteiger partial charge in [0.1, 0.15) is 5.69 Å². The molecule has 0 saturated carbocycles. The van der Waals surface area contributed by atoms with Gasteiger partial charge in [0.05, 0.1) is 4.92 Å². The number of hydrogen-bond donors (Lipinski definition) is 1. The maximum atomic E-state index is 11.0. The van der Waals surface area contributed by atoms with E-state index in [1.54, 1.807) is 12.1 Å². The van der Waals surface area contributed by atoms with Crippen LogP contribution in [0.15, 0.2) is 18.2 Å². The molecule has 1 atom stereocenters. The largest absolute Gasteiger partial charge is 0.367 e. The van der Waals surface area contributed by atoms with Gasteiger partial charge in [0.15, 0.2) is 0 Å². The van der Waals surface area contributed by atoms with Crippen LogP contribution in [0.3, 0.4) is 0 Å². The minimum absolute atomic E-state index is 0.182. The molecule has 98 valence electrons. The number of nitro benzene ring substituents is 1. The van der Waals surface area contributed by atoms with Crippen LogP contribution in [0.25, 0.3) is 0 Å².